The number of hydrogen-bond donors (Lipinski definition) is 2. The topological polar surface area (TPSA) is 59.6 Å². The van der Waals surface area contributed by atoms with Crippen molar-refractivity contribution in [3.8, 4) is 0 Å². The average Bonchev–Trinajstić information content (AvgIpc) is 2.45. The van der Waals surface area contributed by atoms with E-state index >= 15 is 0 Å². The van der Waals surface area contributed by atoms with E-state index in [1.165, 1.54) is 0 Å². The second-order valence-corrected chi connectivity index (χ2v) is 5.54. The molecule has 1 amide bonds. The van der Waals surface area contributed by atoms with Crippen molar-refractivity contribution in [3.63, 3.8) is 0 Å². The molecule has 1 aliphatic heterocycles. The van der Waals surface area contributed by atoms with Gasteiger partial charge in [-0.3, -0.25) is 4.79 Å². The number of morpholine rings is 1. The smallest absolute Gasteiger partial charge is 0.239 e. The largest absolute Gasteiger partial charge is 0.381 e. The Morgan fingerprint density at radius 3 is 2.74 bits per heavy atom. The zero-order valence-corrected chi connectivity index (χ0v) is 12.2. The van der Waals surface area contributed by atoms with E-state index in [1.807, 2.05) is 0 Å². The van der Waals surface area contributed by atoms with Crippen LogP contribution in [0.5, 0.6) is 0 Å². The number of ether oxygens (including phenoxy) is 2. The molecule has 0 aromatic heterocycles. The number of amides is 1. The molecule has 1 saturated carbocycles. The number of carbonyl (C=O) groups is 1. The number of rotatable bonds is 5. The lowest BCUT2D eigenvalue weighted by Gasteiger charge is -2.55. The zero-order chi connectivity index (χ0) is 13.9. The maximum Gasteiger partial charge on any atom is 0.239 e. The van der Waals surface area contributed by atoms with Gasteiger partial charge in [0.25, 0.3) is 0 Å². The first-order valence-electron chi connectivity index (χ1n) is 7.32. The van der Waals surface area contributed by atoms with Crippen LogP contribution < -0.4 is 10.6 Å². The summed E-state index contributed by atoms with van der Waals surface area (Å²) in [6, 6.07) is 0.0189. The standard InChI is InChI=1S/C14H26N2O3/c1-4-14(5-2)11(8-12(14)18-3)16-13(17)10-9-19-7-6-15-10/h10-12,15H,4-9H2,1-3H3,(H,16,17). The van der Waals surface area contributed by atoms with Crippen molar-refractivity contribution in [1.82, 2.24) is 10.6 Å². The highest BCUT2D eigenvalue weighted by molar-refractivity contribution is 5.82. The predicted molar refractivity (Wildman–Crippen MR) is 73.0 cm³/mol. The summed E-state index contributed by atoms with van der Waals surface area (Å²) in [5, 5.41) is 6.37. The maximum absolute atomic E-state index is 12.2. The minimum atomic E-state index is -0.207. The van der Waals surface area contributed by atoms with E-state index in [9.17, 15) is 4.79 Å². The van der Waals surface area contributed by atoms with Gasteiger partial charge >= 0.3 is 0 Å². The van der Waals surface area contributed by atoms with Gasteiger partial charge in [0.2, 0.25) is 5.91 Å². The van der Waals surface area contributed by atoms with E-state index in [0.717, 1.165) is 25.8 Å². The summed E-state index contributed by atoms with van der Waals surface area (Å²) in [5.74, 6) is 0.0607. The van der Waals surface area contributed by atoms with Gasteiger partial charge in [-0.15, -0.1) is 0 Å². The molecule has 5 nitrogen and oxygen atoms in total. The lowest BCUT2D eigenvalue weighted by Crippen LogP contribution is -2.66. The molecule has 0 spiro atoms. The Labute approximate surface area is 115 Å². The van der Waals surface area contributed by atoms with Gasteiger partial charge in [-0.25, -0.2) is 0 Å². The van der Waals surface area contributed by atoms with Crippen molar-refractivity contribution in [2.45, 2.75) is 51.3 Å². The molecule has 0 aromatic carbocycles. The summed E-state index contributed by atoms with van der Waals surface area (Å²) in [5.41, 5.74) is 0.0972. The molecule has 2 rings (SSSR count). The van der Waals surface area contributed by atoms with E-state index in [0.29, 0.717) is 13.2 Å². The Morgan fingerprint density at radius 1 is 1.47 bits per heavy atom. The van der Waals surface area contributed by atoms with E-state index in [4.69, 9.17) is 9.47 Å². The Bertz CT molecular complexity index is 312. The first-order chi connectivity index (χ1) is 9.17. The Morgan fingerprint density at radius 2 is 2.21 bits per heavy atom. The van der Waals surface area contributed by atoms with Crippen molar-refractivity contribution in [1.29, 1.82) is 0 Å². The highest BCUT2D eigenvalue weighted by Gasteiger charge is 2.53. The van der Waals surface area contributed by atoms with Crippen LogP contribution in [0.4, 0.5) is 0 Å². The molecule has 1 saturated heterocycles. The molecular weight excluding hydrogens is 244 g/mol. The summed E-state index contributed by atoms with van der Waals surface area (Å²) in [6.45, 7) is 6.26. The number of hydrogen-bond acceptors (Lipinski definition) is 4. The first kappa shape index (κ1) is 14.8. The quantitative estimate of drug-likeness (QED) is 0.771. The third-order valence-corrected chi connectivity index (χ3v) is 4.94. The molecule has 5 heteroatoms. The highest BCUT2D eigenvalue weighted by atomic mass is 16.5. The lowest BCUT2D eigenvalue weighted by molar-refractivity contribution is -0.144. The molecule has 0 radical (unpaired) electrons. The summed E-state index contributed by atoms with van der Waals surface area (Å²) >= 11 is 0. The van der Waals surface area contributed by atoms with Crippen molar-refractivity contribution in [2.75, 3.05) is 26.9 Å². The van der Waals surface area contributed by atoms with Gasteiger partial charge in [0.15, 0.2) is 0 Å². The Kier molecular flexibility index (Phi) is 4.81. The van der Waals surface area contributed by atoms with Gasteiger partial charge in [0.1, 0.15) is 6.04 Å². The van der Waals surface area contributed by atoms with Crippen molar-refractivity contribution < 1.29 is 14.3 Å². The highest BCUT2D eigenvalue weighted by Crippen LogP contribution is 2.48. The molecule has 0 aromatic rings. The van der Waals surface area contributed by atoms with Gasteiger partial charge in [0, 0.05) is 25.1 Å². The van der Waals surface area contributed by atoms with E-state index in [1.54, 1.807) is 7.11 Å². The Hall–Kier alpha value is -0.650. The molecule has 110 valence electrons. The number of nitrogens with one attached hydrogen (secondary N) is 2. The molecular formula is C14H26N2O3. The van der Waals surface area contributed by atoms with Crippen LogP contribution in [0.15, 0.2) is 0 Å². The SMILES string of the molecule is CCC1(CC)C(NC(=O)C2COCCN2)CC1OC. The molecule has 1 aliphatic carbocycles. The van der Waals surface area contributed by atoms with Crippen molar-refractivity contribution >= 4 is 5.91 Å². The van der Waals surface area contributed by atoms with Crippen LogP contribution in [0.1, 0.15) is 33.1 Å². The summed E-state index contributed by atoms with van der Waals surface area (Å²) in [6.07, 6.45) is 3.24. The number of methoxy groups -OCH3 is 1. The monoisotopic (exact) mass is 270 g/mol. The minimum absolute atomic E-state index is 0.0607. The van der Waals surface area contributed by atoms with E-state index < -0.39 is 0 Å². The van der Waals surface area contributed by atoms with Crippen LogP contribution in [0.25, 0.3) is 0 Å². The lowest BCUT2D eigenvalue weighted by atomic mass is 9.58. The van der Waals surface area contributed by atoms with Crippen LogP contribution in [-0.4, -0.2) is 51.0 Å². The van der Waals surface area contributed by atoms with Gasteiger partial charge in [0.05, 0.1) is 19.3 Å². The van der Waals surface area contributed by atoms with Gasteiger partial charge < -0.3 is 20.1 Å². The third kappa shape index (κ3) is 2.64. The van der Waals surface area contributed by atoms with Gasteiger partial charge in [-0.2, -0.15) is 0 Å². The zero-order valence-electron chi connectivity index (χ0n) is 12.2. The molecule has 1 heterocycles. The molecule has 19 heavy (non-hydrogen) atoms. The summed E-state index contributed by atoms with van der Waals surface area (Å²) in [4.78, 5) is 12.2. The fourth-order valence-electron chi connectivity index (χ4n) is 3.49. The van der Waals surface area contributed by atoms with E-state index in [-0.39, 0.29) is 29.5 Å². The van der Waals surface area contributed by atoms with Gasteiger partial charge in [-0.1, -0.05) is 13.8 Å². The normalized spacial score (nSPS) is 33.5. The summed E-state index contributed by atoms with van der Waals surface area (Å²) in [7, 11) is 1.76. The minimum Gasteiger partial charge on any atom is -0.381 e. The van der Waals surface area contributed by atoms with Crippen molar-refractivity contribution in [3.05, 3.63) is 0 Å². The van der Waals surface area contributed by atoms with Gasteiger partial charge in [-0.05, 0) is 19.3 Å². The second-order valence-electron chi connectivity index (χ2n) is 5.54. The second kappa shape index (κ2) is 6.20. The maximum atomic E-state index is 12.2. The fraction of sp³-hybridized carbons (Fsp3) is 0.929. The number of carbonyl (C=O) groups excluding carboxylic acids is 1. The van der Waals surface area contributed by atoms with Crippen LogP contribution in [0.2, 0.25) is 0 Å². The first-order valence-corrected chi connectivity index (χ1v) is 7.32. The van der Waals surface area contributed by atoms with E-state index in [2.05, 4.69) is 24.5 Å². The molecule has 2 aliphatic rings. The van der Waals surface area contributed by atoms with Crippen LogP contribution in [-0.2, 0) is 14.3 Å². The fourth-order valence-corrected chi connectivity index (χ4v) is 3.49. The Balaban J connectivity index is 1.93. The molecule has 3 atom stereocenters. The molecule has 2 N–H and O–H groups in total. The van der Waals surface area contributed by atoms with Crippen LogP contribution >= 0.6 is 0 Å². The molecule has 2 fully saturated rings. The average molecular weight is 270 g/mol. The molecule has 3 unspecified atom stereocenters. The van der Waals surface area contributed by atoms with Crippen molar-refractivity contribution in [2.24, 2.45) is 5.41 Å². The predicted octanol–water partition coefficient (Wildman–Crippen LogP) is 0.685. The molecule has 0 bridgehead atoms. The summed E-state index contributed by atoms with van der Waals surface area (Å²) < 4.78 is 10.9. The van der Waals surface area contributed by atoms with Crippen LogP contribution in [0, 0.1) is 5.41 Å². The van der Waals surface area contributed by atoms with Crippen LogP contribution in [0.3, 0.4) is 0 Å². The third-order valence-electron chi connectivity index (χ3n) is 4.94.